The first kappa shape index (κ1) is 15.5. The molecule has 0 saturated carbocycles. The summed E-state index contributed by atoms with van der Waals surface area (Å²) in [6.07, 6.45) is 0. The Morgan fingerprint density at radius 3 is 2.67 bits per heavy atom. The van der Waals surface area contributed by atoms with Crippen LogP contribution < -0.4 is 9.46 Å². The Morgan fingerprint density at radius 1 is 1.29 bits per heavy atom. The number of hydrogen-bond donors (Lipinski definition) is 1. The van der Waals surface area contributed by atoms with Crippen LogP contribution in [0.4, 0.5) is 10.3 Å². The molecule has 2 rings (SSSR count). The zero-order valence-corrected chi connectivity index (χ0v) is 12.7. The van der Waals surface area contributed by atoms with Crippen molar-refractivity contribution in [1.82, 2.24) is 9.97 Å². The molecule has 0 fully saturated rings. The van der Waals surface area contributed by atoms with Crippen LogP contribution in [0, 0.1) is 12.7 Å². The molecule has 6 nitrogen and oxygen atoms in total. The molecule has 0 atom stereocenters. The van der Waals surface area contributed by atoms with Gasteiger partial charge in [0.05, 0.1) is 12.0 Å². The molecule has 21 heavy (non-hydrogen) atoms. The zero-order valence-electron chi connectivity index (χ0n) is 11.1. The quantitative estimate of drug-likeness (QED) is 0.870. The van der Waals surface area contributed by atoms with E-state index in [4.69, 9.17) is 16.3 Å². The molecule has 0 spiro atoms. The van der Waals surface area contributed by atoms with Crippen LogP contribution in [0.15, 0.2) is 29.2 Å². The predicted molar refractivity (Wildman–Crippen MR) is 75.5 cm³/mol. The van der Waals surface area contributed by atoms with Gasteiger partial charge in [0.2, 0.25) is 11.8 Å². The molecule has 0 aliphatic heterocycles. The van der Waals surface area contributed by atoms with Gasteiger partial charge in [-0.25, -0.2) is 22.5 Å². The molecule has 0 aliphatic carbocycles. The largest absolute Gasteiger partial charge is 0.481 e. The molecule has 1 aromatic heterocycles. The number of aryl methyl sites for hydroxylation is 1. The molecule has 0 saturated heterocycles. The fourth-order valence-electron chi connectivity index (χ4n) is 1.59. The zero-order chi connectivity index (χ0) is 15.6. The van der Waals surface area contributed by atoms with Gasteiger partial charge in [0.1, 0.15) is 11.0 Å². The van der Waals surface area contributed by atoms with Crippen molar-refractivity contribution in [1.29, 1.82) is 0 Å². The van der Waals surface area contributed by atoms with Gasteiger partial charge in [-0.15, -0.1) is 0 Å². The van der Waals surface area contributed by atoms with Gasteiger partial charge in [-0.1, -0.05) is 17.7 Å². The number of nitrogens with one attached hydrogen (secondary N) is 1. The molecule has 1 N–H and O–H groups in total. The van der Waals surface area contributed by atoms with E-state index in [0.29, 0.717) is 5.56 Å². The minimum absolute atomic E-state index is 0.00974. The van der Waals surface area contributed by atoms with E-state index in [-0.39, 0.29) is 21.9 Å². The van der Waals surface area contributed by atoms with Crippen molar-refractivity contribution >= 4 is 27.6 Å². The summed E-state index contributed by atoms with van der Waals surface area (Å²) in [7, 11) is -2.68. The number of anilines is 1. The molecule has 0 amide bonds. The average Bonchev–Trinajstić information content (AvgIpc) is 2.40. The van der Waals surface area contributed by atoms with E-state index in [1.165, 1.54) is 25.3 Å². The summed E-state index contributed by atoms with van der Waals surface area (Å²) < 4.78 is 44.7. The standard InChI is InChI=1S/C12H11ClFN3O3S/c1-7-3-4-8(14)5-9(7)21(18,19)17-12-15-10(13)6-11(16-12)20-2/h3-6H,1-2H3,(H,15,16,17). The van der Waals surface area contributed by atoms with Crippen molar-refractivity contribution < 1.29 is 17.5 Å². The van der Waals surface area contributed by atoms with E-state index in [1.807, 2.05) is 0 Å². The van der Waals surface area contributed by atoms with Crippen molar-refractivity contribution in [2.24, 2.45) is 0 Å². The molecule has 0 radical (unpaired) electrons. The Hall–Kier alpha value is -1.93. The molecule has 1 aromatic carbocycles. The number of ether oxygens (including phenoxy) is 1. The number of sulfonamides is 1. The van der Waals surface area contributed by atoms with Gasteiger partial charge in [0.15, 0.2) is 0 Å². The highest BCUT2D eigenvalue weighted by Crippen LogP contribution is 2.21. The van der Waals surface area contributed by atoms with Crippen molar-refractivity contribution in [3.63, 3.8) is 0 Å². The maximum absolute atomic E-state index is 13.2. The summed E-state index contributed by atoms with van der Waals surface area (Å²) in [6.45, 7) is 1.55. The minimum atomic E-state index is -4.04. The highest BCUT2D eigenvalue weighted by molar-refractivity contribution is 7.92. The first-order valence-corrected chi connectivity index (χ1v) is 7.55. The Balaban J connectivity index is 2.42. The lowest BCUT2D eigenvalue weighted by Crippen LogP contribution is -2.16. The van der Waals surface area contributed by atoms with Crippen LogP contribution in [0.2, 0.25) is 5.15 Å². The van der Waals surface area contributed by atoms with Crippen LogP contribution in [0.5, 0.6) is 5.88 Å². The average molecular weight is 332 g/mol. The van der Waals surface area contributed by atoms with Crippen molar-refractivity contribution in [2.45, 2.75) is 11.8 Å². The third-order valence-corrected chi connectivity index (χ3v) is 4.21. The van der Waals surface area contributed by atoms with E-state index in [0.717, 1.165) is 6.07 Å². The molecule has 0 aliphatic rings. The van der Waals surface area contributed by atoms with Crippen LogP contribution in [0.3, 0.4) is 0 Å². The number of hydrogen-bond acceptors (Lipinski definition) is 5. The first-order valence-electron chi connectivity index (χ1n) is 5.69. The van der Waals surface area contributed by atoms with E-state index < -0.39 is 15.8 Å². The maximum atomic E-state index is 13.2. The maximum Gasteiger partial charge on any atom is 0.264 e. The molecule has 2 aromatic rings. The summed E-state index contributed by atoms with van der Waals surface area (Å²) in [6, 6.07) is 4.78. The second-order valence-electron chi connectivity index (χ2n) is 4.07. The SMILES string of the molecule is COc1cc(Cl)nc(NS(=O)(=O)c2cc(F)ccc2C)n1. The monoisotopic (exact) mass is 331 g/mol. The molecule has 1 heterocycles. The van der Waals surface area contributed by atoms with Crippen LogP contribution in [0.25, 0.3) is 0 Å². The normalized spacial score (nSPS) is 11.2. The first-order chi connectivity index (χ1) is 9.81. The van der Waals surface area contributed by atoms with Gasteiger partial charge in [-0.3, -0.25) is 0 Å². The lowest BCUT2D eigenvalue weighted by Gasteiger charge is -2.10. The van der Waals surface area contributed by atoms with Gasteiger partial charge >= 0.3 is 0 Å². The van der Waals surface area contributed by atoms with Gasteiger partial charge < -0.3 is 4.74 Å². The van der Waals surface area contributed by atoms with E-state index in [2.05, 4.69) is 14.7 Å². The summed E-state index contributed by atoms with van der Waals surface area (Å²) in [4.78, 5) is 7.34. The molecule has 112 valence electrons. The summed E-state index contributed by atoms with van der Waals surface area (Å²) in [5, 5.41) is 0.00974. The highest BCUT2D eigenvalue weighted by atomic mass is 35.5. The van der Waals surface area contributed by atoms with Crippen LogP contribution in [-0.2, 0) is 10.0 Å². The fourth-order valence-corrected chi connectivity index (χ4v) is 2.96. The number of halogens is 2. The highest BCUT2D eigenvalue weighted by Gasteiger charge is 2.19. The third-order valence-electron chi connectivity index (χ3n) is 2.55. The minimum Gasteiger partial charge on any atom is -0.481 e. The van der Waals surface area contributed by atoms with Crippen molar-refractivity contribution in [2.75, 3.05) is 11.8 Å². The Labute approximate surface area is 126 Å². The van der Waals surface area contributed by atoms with Crippen LogP contribution in [0.1, 0.15) is 5.56 Å². The molecule has 9 heteroatoms. The van der Waals surface area contributed by atoms with Crippen molar-refractivity contribution in [3.05, 3.63) is 40.8 Å². The van der Waals surface area contributed by atoms with Crippen LogP contribution in [-0.4, -0.2) is 25.5 Å². The number of benzene rings is 1. The van der Waals surface area contributed by atoms with Gasteiger partial charge in [0.25, 0.3) is 10.0 Å². The summed E-state index contributed by atoms with van der Waals surface area (Å²) in [5.74, 6) is -0.822. The topological polar surface area (TPSA) is 81.2 Å². The lowest BCUT2D eigenvalue weighted by molar-refractivity contribution is 0.397. The van der Waals surface area contributed by atoms with E-state index in [1.54, 1.807) is 6.92 Å². The number of aromatic nitrogens is 2. The second kappa shape index (κ2) is 5.82. The number of rotatable bonds is 4. The number of nitrogens with zero attached hydrogens (tertiary/aromatic N) is 2. The number of methoxy groups -OCH3 is 1. The molecule has 0 bridgehead atoms. The van der Waals surface area contributed by atoms with E-state index in [9.17, 15) is 12.8 Å². The lowest BCUT2D eigenvalue weighted by atomic mass is 10.2. The Bertz CT molecular complexity index is 783. The molecule has 0 unspecified atom stereocenters. The fraction of sp³-hybridized carbons (Fsp3) is 0.167. The molecular weight excluding hydrogens is 321 g/mol. The Morgan fingerprint density at radius 2 is 2.00 bits per heavy atom. The smallest absolute Gasteiger partial charge is 0.264 e. The second-order valence-corrected chi connectivity index (χ2v) is 6.11. The summed E-state index contributed by atoms with van der Waals surface area (Å²) >= 11 is 5.73. The summed E-state index contributed by atoms with van der Waals surface area (Å²) in [5.41, 5.74) is 0.387. The van der Waals surface area contributed by atoms with Gasteiger partial charge in [-0.05, 0) is 24.6 Å². The van der Waals surface area contributed by atoms with Crippen LogP contribution >= 0.6 is 11.6 Å². The third kappa shape index (κ3) is 3.59. The Kier molecular flexibility index (Phi) is 4.29. The van der Waals surface area contributed by atoms with E-state index >= 15 is 0 Å². The predicted octanol–water partition coefficient (Wildman–Crippen LogP) is 2.39. The van der Waals surface area contributed by atoms with Crippen molar-refractivity contribution in [3.8, 4) is 5.88 Å². The van der Waals surface area contributed by atoms with Gasteiger partial charge in [0, 0.05) is 6.07 Å². The molecular formula is C12H11ClFN3O3S. The van der Waals surface area contributed by atoms with Gasteiger partial charge in [-0.2, -0.15) is 4.98 Å².